The molecule has 0 saturated heterocycles. The minimum atomic E-state index is -1.07. The highest BCUT2D eigenvalue weighted by atomic mass is 16.5. The monoisotopic (exact) mass is 560 g/mol. The molecule has 0 radical (unpaired) electrons. The molecule has 0 N–H and O–H groups in total. The molecule has 8 heteroatoms. The van der Waals surface area contributed by atoms with Crippen molar-refractivity contribution in [1.29, 1.82) is 0 Å². The van der Waals surface area contributed by atoms with Crippen molar-refractivity contribution in [3.8, 4) is 5.75 Å². The molecule has 0 aromatic heterocycles. The van der Waals surface area contributed by atoms with Gasteiger partial charge in [0, 0.05) is 42.0 Å². The van der Waals surface area contributed by atoms with Crippen LogP contribution in [0.2, 0.25) is 0 Å². The molecular weight excluding hydrogens is 520 g/mol. The number of carbonyl (C=O) groups is 3. The smallest absolute Gasteiger partial charge is 0.336 e. The van der Waals surface area contributed by atoms with Crippen molar-refractivity contribution in [3.05, 3.63) is 70.9 Å². The van der Waals surface area contributed by atoms with Gasteiger partial charge < -0.3 is 19.1 Å². The normalized spacial score (nSPS) is 22.0. The first-order valence-corrected chi connectivity index (χ1v) is 14.4. The van der Waals surface area contributed by atoms with Crippen molar-refractivity contribution in [3.63, 3.8) is 0 Å². The number of ketones is 1. The minimum absolute atomic E-state index is 0.149. The van der Waals surface area contributed by atoms with E-state index >= 15 is 0 Å². The van der Waals surface area contributed by atoms with Crippen LogP contribution in [0.3, 0.4) is 0 Å². The summed E-state index contributed by atoms with van der Waals surface area (Å²) in [6.07, 6.45) is 0.349. The number of benzene rings is 2. The predicted molar refractivity (Wildman–Crippen MR) is 158 cm³/mol. The second kappa shape index (κ2) is 13.1. The summed E-state index contributed by atoms with van der Waals surface area (Å²) < 4.78 is 16.5. The van der Waals surface area contributed by atoms with Crippen LogP contribution >= 0.6 is 0 Å². The fraction of sp³-hybridized carbons (Fsp3) is 0.455. The van der Waals surface area contributed by atoms with Crippen LogP contribution in [0, 0.1) is 11.8 Å². The number of hydrogen-bond donors (Lipinski definition) is 0. The Balaban J connectivity index is 1.88. The Labute approximate surface area is 242 Å². The third-order valence-corrected chi connectivity index (χ3v) is 8.10. The minimum Gasteiger partial charge on any atom is -0.496 e. The van der Waals surface area contributed by atoms with Gasteiger partial charge in [0.1, 0.15) is 11.7 Å². The SMILES string of the molecule is CCOC(=O)C1=C(C)N=C2C[C@@H](c3ccccc3OC)[C@H](C(=O)OCC)C(=O)C2[C@@H]1c1ccc(N(CC)CC)cc1. The lowest BCUT2D eigenvalue weighted by molar-refractivity contribution is -0.153. The van der Waals surface area contributed by atoms with Gasteiger partial charge >= 0.3 is 11.9 Å². The van der Waals surface area contributed by atoms with Crippen molar-refractivity contribution in [2.75, 3.05) is 38.3 Å². The summed E-state index contributed by atoms with van der Waals surface area (Å²) >= 11 is 0. The second-order valence-corrected chi connectivity index (χ2v) is 10.2. The quantitative estimate of drug-likeness (QED) is 0.281. The average Bonchev–Trinajstić information content (AvgIpc) is 2.97. The average molecular weight is 561 g/mol. The standard InChI is InChI=1S/C33H40N2O6/c1-7-35(8-2)22-17-15-21(16-18-22)28-27(32(37)40-9-3)20(5)34-25-19-24(23-13-11-12-14-26(23)39-6)29(31(36)30(25)28)33(38)41-10-4/h11-18,24,28-30H,7-10,19H2,1-6H3/t24-,28+,29-,30?/m0/s1. The van der Waals surface area contributed by atoms with E-state index < -0.39 is 35.6 Å². The molecule has 41 heavy (non-hydrogen) atoms. The van der Waals surface area contributed by atoms with E-state index in [1.165, 1.54) is 0 Å². The first-order chi connectivity index (χ1) is 19.8. The molecule has 1 fully saturated rings. The largest absolute Gasteiger partial charge is 0.496 e. The lowest BCUT2D eigenvalue weighted by Crippen LogP contribution is -2.48. The number of Topliss-reactive ketones (excluding diaryl/α,β-unsaturated/α-hetero) is 1. The zero-order chi connectivity index (χ0) is 29.7. The van der Waals surface area contributed by atoms with Gasteiger partial charge in [-0.1, -0.05) is 30.3 Å². The van der Waals surface area contributed by atoms with Gasteiger partial charge in [0.05, 0.1) is 31.8 Å². The molecule has 2 aliphatic rings. The van der Waals surface area contributed by atoms with E-state index in [1.807, 2.05) is 48.5 Å². The van der Waals surface area contributed by atoms with Crippen LogP contribution in [0.25, 0.3) is 0 Å². The number of para-hydroxylation sites is 1. The van der Waals surface area contributed by atoms with Crippen molar-refractivity contribution in [2.24, 2.45) is 16.8 Å². The highest BCUT2D eigenvalue weighted by molar-refractivity contribution is 6.18. The van der Waals surface area contributed by atoms with Gasteiger partial charge in [0.2, 0.25) is 0 Å². The van der Waals surface area contributed by atoms with Gasteiger partial charge in [-0.05, 0) is 70.4 Å². The fourth-order valence-electron chi connectivity index (χ4n) is 6.26. The third-order valence-electron chi connectivity index (χ3n) is 8.10. The zero-order valence-corrected chi connectivity index (χ0v) is 24.8. The fourth-order valence-corrected chi connectivity index (χ4v) is 6.26. The van der Waals surface area contributed by atoms with E-state index in [0.717, 1.165) is 29.9 Å². The topological polar surface area (TPSA) is 94.5 Å². The predicted octanol–water partition coefficient (Wildman–Crippen LogP) is 5.47. The van der Waals surface area contributed by atoms with E-state index in [9.17, 15) is 14.4 Å². The van der Waals surface area contributed by atoms with E-state index in [2.05, 4.69) is 18.7 Å². The molecular formula is C33H40N2O6. The van der Waals surface area contributed by atoms with Crippen LogP contribution in [-0.4, -0.2) is 56.8 Å². The number of rotatable bonds is 10. The second-order valence-electron chi connectivity index (χ2n) is 10.2. The molecule has 1 aliphatic heterocycles. The van der Waals surface area contributed by atoms with E-state index in [-0.39, 0.29) is 19.0 Å². The summed E-state index contributed by atoms with van der Waals surface area (Å²) in [7, 11) is 1.57. The van der Waals surface area contributed by atoms with Gasteiger partial charge in [-0.15, -0.1) is 0 Å². The summed E-state index contributed by atoms with van der Waals surface area (Å²) in [5.74, 6) is -3.84. The van der Waals surface area contributed by atoms with Gasteiger partial charge in [-0.2, -0.15) is 0 Å². The number of aliphatic imine (C=N–C) groups is 1. The molecule has 8 nitrogen and oxygen atoms in total. The summed E-state index contributed by atoms with van der Waals surface area (Å²) in [5, 5.41) is 0. The zero-order valence-electron chi connectivity index (χ0n) is 24.8. The van der Waals surface area contributed by atoms with Crippen LogP contribution in [0.5, 0.6) is 5.75 Å². The maximum Gasteiger partial charge on any atom is 0.336 e. The Kier molecular flexibility index (Phi) is 9.63. The van der Waals surface area contributed by atoms with Gasteiger partial charge in [-0.25, -0.2) is 4.79 Å². The summed E-state index contributed by atoms with van der Waals surface area (Å²) in [6, 6.07) is 15.4. The molecule has 4 atom stereocenters. The first kappa shape index (κ1) is 30.0. The molecule has 218 valence electrons. The van der Waals surface area contributed by atoms with Crippen molar-refractivity contribution in [2.45, 2.75) is 52.9 Å². The van der Waals surface area contributed by atoms with E-state index in [0.29, 0.717) is 29.2 Å². The van der Waals surface area contributed by atoms with Crippen LogP contribution in [0.15, 0.2) is 64.8 Å². The molecule has 1 aliphatic carbocycles. The molecule has 0 spiro atoms. The molecule has 0 amide bonds. The number of allylic oxidation sites excluding steroid dienone is 1. The van der Waals surface area contributed by atoms with Crippen LogP contribution in [0.4, 0.5) is 5.69 Å². The number of ether oxygens (including phenoxy) is 3. The lowest BCUT2D eigenvalue weighted by atomic mass is 9.62. The van der Waals surface area contributed by atoms with Gasteiger partial charge in [-0.3, -0.25) is 14.6 Å². The Bertz CT molecular complexity index is 1340. The Morgan fingerprint density at radius 2 is 1.59 bits per heavy atom. The highest BCUT2D eigenvalue weighted by Crippen LogP contribution is 2.49. The molecule has 2 aromatic rings. The highest BCUT2D eigenvalue weighted by Gasteiger charge is 2.53. The number of fused-ring (bicyclic) bond motifs is 1. The molecule has 1 unspecified atom stereocenters. The molecule has 1 heterocycles. The van der Waals surface area contributed by atoms with E-state index in [4.69, 9.17) is 19.2 Å². The number of nitrogens with zero attached hydrogens (tertiary/aromatic N) is 2. The Morgan fingerprint density at radius 3 is 2.20 bits per heavy atom. The summed E-state index contributed by atoms with van der Waals surface area (Å²) in [4.78, 5) is 48.4. The maximum absolute atomic E-state index is 14.5. The Hall–Kier alpha value is -3.94. The molecule has 0 bridgehead atoms. The summed E-state index contributed by atoms with van der Waals surface area (Å²) in [5.41, 5.74) is 4.12. The number of methoxy groups -OCH3 is 1. The third kappa shape index (κ3) is 5.78. The molecule has 1 saturated carbocycles. The number of hydrogen-bond acceptors (Lipinski definition) is 8. The number of esters is 2. The van der Waals surface area contributed by atoms with Crippen molar-refractivity contribution >= 4 is 29.1 Å². The lowest BCUT2D eigenvalue weighted by Gasteiger charge is -2.41. The maximum atomic E-state index is 14.5. The summed E-state index contributed by atoms with van der Waals surface area (Å²) in [6.45, 7) is 11.5. The molecule has 4 rings (SSSR count). The Morgan fingerprint density at radius 1 is 0.927 bits per heavy atom. The van der Waals surface area contributed by atoms with Crippen LogP contribution < -0.4 is 9.64 Å². The van der Waals surface area contributed by atoms with Gasteiger partial charge in [0.25, 0.3) is 0 Å². The number of carbonyl (C=O) groups excluding carboxylic acids is 3. The van der Waals surface area contributed by atoms with Crippen molar-refractivity contribution in [1.82, 2.24) is 0 Å². The first-order valence-electron chi connectivity index (χ1n) is 14.4. The number of anilines is 1. The van der Waals surface area contributed by atoms with E-state index in [1.54, 1.807) is 27.9 Å². The molecule has 2 aromatic carbocycles. The van der Waals surface area contributed by atoms with Gasteiger partial charge in [0.15, 0.2) is 5.78 Å². The van der Waals surface area contributed by atoms with Crippen LogP contribution in [0.1, 0.15) is 64.0 Å². The van der Waals surface area contributed by atoms with Crippen LogP contribution in [-0.2, 0) is 23.9 Å². The van der Waals surface area contributed by atoms with Crippen molar-refractivity contribution < 1.29 is 28.6 Å².